The van der Waals surface area contributed by atoms with E-state index in [0.29, 0.717) is 10.6 Å². The lowest BCUT2D eigenvalue weighted by molar-refractivity contribution is 0.0847. The van der Waals surface area contributed by atoms with Crippen molar-refractivity contribution in [2.24, 2.45) is 0 Å². The van der Waals surface area contributed by atoms with E-state index in [0.717, 1.165) is 0 Å². The topological polar surface area (TPSA) is 87.3 Å². The first kappa shape index (κ1) is 18.6. The monoisotopic (exact) mass is 399 g/mol. The van der Waals surface area contributed by atoms with Crippen LogP contribution in [0.1, 0.15) is 30.4 Å². The average Bonchev–Trinajstić information content (AvgIpc) is 3.21. The number of hydrogen-bond donors (Lipinski definition) is 3. The molecule has 0 fully saturated rings. The Morgan fingerprint density at radius 3 is 2.33 bits per heavy atom. The minimum Gasteiger partial charge on any atom is -0.321 e. The third-order valence-corrected chi connectivity index (χ3v) is 4.73. The Labute approximate surface area is 164 Å². The number of hydrazine groups is 1. The van der Waals surface area contributed by atoms with Crippen LogP contribution in [0.4, 0.5) is 5.69 Å². The Bertz CT molecular complexity index is 989. The number of anilines is 1. The van der Waals surface area contributed by atoms with Gasteiger partial charge in [-0.1, -0.05) is 35.9 Å². The molecule has 8 heteroatoms. The number of benzene rings is 2. The molecule has 3 rings (SSSR count). The third kappa shape index (κ3) is 4.72. The van der Waals surface area contributed by atoms with Crippen LogP contribution in [0.3, 0.4) is 0 Å². The van der Waals surface area contributed by atoms with Gasteiger partial charge in [0.15, 0.2) is 0 Å². The fourth-order valence-corrected chi connectivity index (χ4v) is 3.08. The maximum absolute atomic E-state index is 12.3. The molecule has 6 nitrogen and oxygen atoms in total. The second-order valence-corrected chi connectivity index (χ2v) is 6.76. The molecule has 0 aliphatic carbocycles. The van der Waals surface area contributed by atoms with E-state index in [9.17, 15) is 14.4 Å². The molecule has 3 aromatic rings. The lowest BCUT2D eigenvalue weighted by Gasteiger charge is -2.10. The molecular weight excluding hydrogens is 386 g/mol. The minimum atomic E-state index is -0.531. The molecule has 3 amide bonds. The molecular formula is C19H14ClN3O3S. The Kier molecular flexibility index (Phi) is 5.85. The number of halogens is 1. The first-order valence-electron chi connectivity index (χ1n) is 7.85. The summed E-state index contributed by atoms with van der Waals surface area (Å²) >= 11 is 7.27. The molecule has 1 heterocycles. The van der Waals surface area contributed by atoms with Crippen molar-refractivity contribution in [3.8, 4) is 0 Å². The minimum absolute atomic E-state index is 0.247. The van der Waals surface area contributed by atoms with Crippen LogP contribution in [-0.2, 0) is 0 Å². The molecule has 2 aromatic carbocycles. The Morgan fingerprint density at radius 2 is 1.59 bits per heavy atom. The van der Waals surface area contributed by atoms with Gasteiger partial charge in [-0.05, 0) is 41.8 Å². The molecule has 27 heavy (non-hydrogen) atoms. The summed E-state index contributed by atoms with van der Waals surface area (Å²) in [5, 5.41) is 4.81. The van der Waals surface area contributed by atoms with Crippen LogP contribution in [0.5, 0.6) is 0 Å². The number of thiophene rings is 1. The van der Waals surface area contributed by atoms with Crippen molar-refractivity contribution in [2.45, 2.75) is 0 Å². The maximum Gasteiger partial charge on any atom is 0.271 e. The van der Waals surface area contributed by atoms with Crippen molar-refractivity contribution in [1.82, 2.24) is 10.9 Å². The van der Waals surface area contributed by atoms with E-state index in [2.05, 4.69) is 16.2 Å². The zero-order chi connectivity index (χ0) is 19.2. The van der Waals surface area contributed by atoms with Crippen LogP contribution < -0.4 is 16.2 Å². The second kappa shape index (κ2) is 8.48. The van der Waals surface area contributed by atoms with E-state index >= 15 is 0 Å². The van der Waals surface area contributed by atoms with E-state index in [1.54, 1.807) is 60.0 Å². The molecule has 0 saturated carbocycles. The number of carbonyl (C=O) groups is 3. The van der Waals surface area contributed by atoms with Crippen molar-refractivity contribution >= 4 is 46.3 Å². The predicted molar refractivity (Wildman–Crippen MR) is 105 cm³/mol. The molecule has 0 bridgehead atoms. The van der Waals surface area contributed by atoms with Gasteiger partial charge in [0.25, 0.3) is 17.7 Å². The largest absolute Gasteiger partial charge is 0.321 e. The van der Waals surface area contributed by atoms with E-state index in [1.165, 1.54) is 17.4 Å². The van der Waals surface area contributed by atoms with Gasteiger partial charge in [-0.25, -0.2) is 0 Å². The number of hydrogen-bond acceptors (Lipinski definition) is 4. The molecule has 0 unspecified atom stereocenters. The zero-order valence-corrected chi connectivity index (χ0v) is 15.4. The number of carbonyl (C=O) groups excluding carboxylic acids is 3. The molecule has 3 N–H and O–H groups in total. The molecule has 0 aliphatic rings. The Balaban J connectivity index is 1.62. The highest BCUT2D eigenvalue weighted by Crippen LogP contribution is 2.16. The van der Waals surface area contributed by atoms with Crippen molar-refractivity contribution in [3.63, 3.8) is 0 Å². The quantitative estimate of drug-likeness (QED) is 0.584. The zero-order valence-electron chi connectivity index (χ0n) is 13.9. The first-order chi connectivity index (χ1) is 13.0. The first-order valence-corrected chi connectivity index (χ1v) is 9.10. The van der Waals surface area contributed by atoms with Gasteiger partial charge >= 0.3 is 0 Å². The summed E-state index contributed by atoms with van der Waals surface area (Å²) in [7, 11) is 0. The van der Waals surface area contributed by atoms with Gasteiger partial charge in [-0.2, -0.15) is 0 Å². The summed E-state index contributed by atoms with van der Waals surface area (Å²) < 4.78 is 0. The van der Waals surface area contributed by atoms with Crippen LogP contribution in [0.25, 0.3) is 0 Å². The number of nitrogens with one attached hydrogen (secondary N) is 3. The van der Waals surface area contributed by atoms with Gasteiger partial charge in [0.2, 0.25) is 0 Å². The van der Waals surface area contributed by atoms with Crippen LogP contribution in [-0.4, -0.2) is 17.7 Å². The Hall–Kier alpha value is -3.16. The van der Waals surface area contributed by atoms with Gasteiger partial charge in [0, 0.05) is 11.3 Å². The van der Waals surface area contributed by atoms with Crippen molar-refractivity contribution in [3.05, 3.63) is 87.1 Å². The van der Waals surface area contributed by atoms with Crippen LogP contribution in [0.2, 0.25) is 5.02 Å². The summed E-state index contributed by atoms with van der Waals surface area (Å²) in [6, 6.07) is 16.4. The third-order valence-electron chi connectivity index (χ3n) is 3.54. The molecule has 0 radical (unpaired) electrons. The van der Waals surface area contributed by atoms with Gasteiger partial charge in [-0.3, -0.25) is 25.2 Å². The van der Waals surface area contributed by atoms with Crippen molar-refractivity contribution < 1.29 is 14.4 Å². The normalized spacial score (nSPS) is 10.1. The van der Waals surface area contributed by atoms with Crippen molar-refractivity contribution in [2.75, 3.05) is 5.32 Å². The van der Waals surface area contributed by atoms with Gasteiger partial charge in [0.1, 0.15) is 0 Å². The van der Waals surface area contributed by atoms with Crippen LogP contribution >= 0.6 is 22.9 Å². The molecule has 0 atom stereocenters. The summed E-state index contributed by atoms with van der Waals surface area (Å²) in [4.78, 5) is 37.0. The highest BCUT2D eigenvalue weighted by atomic mass is 35.5. The molecule has 1 aromatic heterocycles. The Morgan fingerprint density at radius 1 is 0.815 bits per heavy atom. The fourth-order valence-electron chi connectivity index (χ4n) is 2.24. The van der Waals surface area contributed by atoms with Gasteiger partial charge < -0.3 is 5.32 Å². The highest BCUT2D eigenvalue weighted by Gasteiger charge is 2.13. The number of amides is 3. The van der Waals surface area contributed by atoms with Gasteiger partial charge in [-0.15, -0.1) is 11.3 Å². The summed E-state index contributed by atoms with van der Waals surface area (Å²) in [5.41, 5.74) is 5.63. The highest BCUT2D eigenvalue weighted by molar-refractivity contribution is 7.12. The molecule has 136 valence electrons. The summed E-state index contributed by atoms with van der Waals surface area (Å²) in [6.07, 6.45) is 0. The molecule has 0 saturated heterocycles. The smallest absolute Gasteiger partial charge is 0.271 e. The fraction of sp³-hybridized carbons (Fsp3) is 0. The lowest BCUT2D eigenvalue weighted by atomic mass is 10.2. The number of rotatable bonds is 4. The SMILES string of the molecule is O=C(NNC(=O)c1ccccc1Cl)c1cccc(NC(=O)c2cccs2)c1. The standard InChI is InChI=1S/C19H14ClN3O3S/c20-15-8-2-1-7-14(15)18(25)23-22-17(24)12-5-3-6-13(11-12)21-19(26)16-9-4-10-27-16/h1-11H,(H,21,26)(H,22,24)(H,23,25). The van der Waals surface area contributed by atoms with Gasteiger partial charge in [0.05, 0.1) is 15.5 Å². The van der Waals surface area contributed by atoms with E-state index in [-0.39, 0.29) is 22.1 Å². The summed E-state index contributed by atoms with van der Waals surface area (Å²) in [6.45, 7) is 0. The molecule has 0 spiro atoms. The summed E-state index contributed by atoms with van der Waals surface area (Å²) in [5.74, 6) is -1.31. The second-order valence-electron chi connectivity index (χ2n) is 5.40. The van der Waals surface area contributed by atoms with Crippen LogP contribution in [0.15, 0.2) is 66.0 Å². The predicted octanol–water partition coefficient (Wildman–Crippen LogP) is 3.73. The van der Waals surface area contributed by atoms with Crippen LogP contribution in [0, 0.1) is 0 Å². The van der Waals surface area contributed by atoms with E-state index < -0.39 is 11.8 Å². The molecule has 0 aliphatic heterocycles. The van der Waals surface area contributed by atoms with Crippen molar-refractivity contribution in [1.29, 1.82) is 0 Å². The average molecular weight is 400 g/mol. The maximum atomic E-state index is 12.3. The lowest BCUT2D eigenvalue weighted by Crippen LogP contribution is -2.41. The van der Waals surface area contributed by atoms with E-state index in [4.69, 9.17) is 11.6 Å². The van der Waals surface area contributed by atoms with E-state index in [1.807, 2.05) is 0 Å².